The molecule has 0 fully saturated rings. The number of aryl methyl sites for hydroxylation is 1. The van der Waals surface area contributed by atoms with Gasteiger partial charge in [0.1, 0.15) is 11.6 Å². The van der Waals surface area contributed by atoms with Crippen LogP contribution < -0.4 is 4.74 Å². The second-order valence-electron chi connectivity index (χ2n) is 4.39. The molecule has 0 N–H and O–H groups in total. The van der Waals surface area contributed by atoms with E-state index >= 15 is 0 Å². The average molecular weight is 337 g/mol. The van der Waals surface area contributed by atoms with E-state index < -0.39 is 5.82 Å². The Labute approximate surface area is 125 Å². The molecule has 0 atom stereocenters. The van der Waals surface area contributed by atoms with E-state index in [1.807, 2.05) is 19.9 Å². The molecule has 0 saturated heterocycles. The highest BCUT2D eigenvalue weighted by Crippen LogP contribution is 2.25. The predicted molar refractivity (Wildman–Crippen MR) is 79.9 cm³/mol. The first kappa shape index (κ1) is 14.7. The molecule has 2 aromatic rings. The smallest absolute Gasteiger partial charge is 0.199 e. The normalized spacial score (nSPS) is 10.4. The van der Waals surface area contributed by atoms with Crippen molar-refractivity contribution in [1.82, 2.24) is 0 Å². The molecule has 104 valence electrons. The van der Waals surface area contributed by atoms with Crippen LogP contribution in [0.15, 0.2) is 40.9 Å². The molecule has 0 unspecified atom stereocenters. The van der Waals surface area contributed by atoms with Gasteiger partial charge in [0.15, 0.2) is 5.78 Å². The Bertz CT molecular complexity index is 653. The summed E-state index contributed by atoms with van der Waals surface area (Å²) in [7, 11) is 0. The van der Waals surface area contributed by atoms with Gasteiger partial charge in [0.25, 0.3) is 0 Å². The molecule has 0 amide bonds. The number of hydrogen-bond donors (Lipinski definition) is 0. The van der Waals surface area contributed by atoms with Crippen molar-refractivity contribution in [3.63, 3.8) is 0 Å². The zero-order valence-corrected chi connectivity index (χ0v) is 12.8. The molecule has 0 saturated carbocycles. The third kappa shape index (κ3) is 3.07. The monoisotopic (exact) mass is 336 g/mol. The van der Waals surface area contributed by atoms with Crippen LogP contribution in [0.3, 0.4) is 0 Å². The average Bonchev–Trinajstić information content (AvgIpc) is 2.40. The Morgan fingerprint density at radius 1 is 1.20 bits per heavy atom. The fourth-order valence-corrected chi connectivity index (χ4v) is 2.25. The molecule has 20 heavy (non-hydrogen) atoms. The van der Waals surface area contributed by atoms with Crippen molar-refractivity contribution >= 4 is 21.7 Å². The standard InChI is InChI=1S/C16H14BrFO2/c1-3-20-15-7-4-10(2)8-13(15)16(19)12-6-5-11(17)9-14(12)18/h4-9H,3H2,1-2H3. The summed E-state index contributed by atoms with van der Waals surface area (Å²) in [6.07, 6.45) is 0. The number of rotatable bonds is 4. The number of ether oxygens (including phenoxy) is 1. The fraction of sp³-hybridized carbons (Fsp3) is 0.188. The molecule has 0 bridgehead atoms. The first-order valence-electron chi connectivity index (χ1n) is 6.26. The van der Waals surface area contributed by atoms with E-state index in [1.165, 1.54) is 12.1 Å². The van der Waals surface area contributed by atoms with Crippen molar-refractivity contribution in [2.24, 2.45) is 0 Å². The molecule has 2 nitrogen and oxygen atoms in total. The van der Waals surface area contributed by atoms with Crippen LogP contribution in [0.2, 0.25) is 0 Å². The van der Waals surface area contributed by atoms with Gasteiger partial charge < -0.3 is 4.74 Å². The van der Waals surface area contributed by atoms with Gasteiger partial charge in [0, 0.05) is 4.47 Å². The van der Waals surface area contributed by atoms with Gasteiger partial charge in [0.2, 0.25) is 0 Å². The summed E-state index contributed by atoms with van der Waals surface area (Å²) in [6.45, 7) is 4.17. The molecule has 0 radical (unpaired) electrons. The highest BCUT2D eigenvalue weighted by molar-refractivity contribution is 9.10. The Morgan fingerprint density at radius 3 is 2.60 bits per heavy atom. The van der Waals surface area contributed by atoms with Crippen LogP contribution in [0, 0.1) is 12.7 Å². The van der Waals surface area contributed by atoms with Crippen molar-refractivity contribution < 1.29 is 13.9 Å². The maximum Gasteiger partial charge on any atom is 0.199 e. The third-order valence-electron chi connectivity index (χ3n) is 2.86. The molecule has 2 rings (SSSR count). The largest absolute Gasteiger partial charge is 0.493 e. The first-order chi connectivity index (χ1) is 9.52. The number of carbonyl (C=O) groups is 1. The molecule has 2 aromatic carbocycles. The Hall–Kier alpha value is -1.68. The topological polar surface area (TPSA) is 26.3 Å². The van der Waals surface area contributed by atoms with Crippen molar-refractivity contribution in [3.8, 4) is 5.75 Å². The minimum atomic E-state index is -0.548. The van der Waals surface area contributed by atoms with Gasteiger partial charge in [-0.05, 0) is 44.2 Å². The van der Waals surface area contributed by atoms with Crippen LogP contribution in [-0.2, 0) is 0 Å². The van der Waals surface area contributed by atoms with E-state index in [1.54, 1.807) is 18.2 Å². The molecule has 0 aliphatic heterocycles. The summed E-state index contributed by atoms with van der Waals surface area (Å²) in [6, 6.07) is 9.72. The van der Waals surface area contributed by atoms with E-state index in [0.29, 0.717) is 22.4 Å². The van der Waals surface area contributed by atoms with Crippen molar-refractivity contribution in [2.75, 3.05) is 6.61 Å². The SMILES string of the molecule is CCOc1ccc(C)cc1C(=O)c1ccc(Br)cc1F. The van der Waals surface area contributed by atoms with Crippen molar-refractivity contribution in [1.29, 1.82) is 0 Å². The van der Waals surface area contributed by atoms with Crippen LogP contribution in [0.25, 0.3) is 0 Å². The molecular formula is C16H14BrFO2. The van der Waals surface area contributed by atoms with E-state index in [0.717, 1.165) is 5.56 Å². The lowest BCUT2D eigenvalue weighted by Crippen LogP contribution is -2.08. The van der Waals surface area contributed by atoms with Gasteiger partial charge >= 0.3 is 0 Å². The summed E-state index contributed by atoms with van der Waals surface area (Å²) < 4.78 is 20.0. The molecule has 0 aliphatic carbocycles. The first-order valence-corrected chi connectivity index (χ1v) is 7.05. The molecule has 0 aromatic heterocycles. The van der Waals surface area contributed by atoms with Gasteiger partial charge in [-0.25, -0.2) is 4.39 Å². The molecule has 0 spiro atoms. The van der Waals surface area contributed by atoms with E-state index in [2.05, 4.69) is 15.9 Å². The Kier molecular flexibility index (Phi) is 4.55. The summed E-state index contributed by atoms with van der Waals surface area (Å²) in [4.78, 5) is 12.5. The van der Waals surface area contributed by atoms with Crippen molar-refractivity contribution in [3.05, 3.63) is 63.4 Å². The molecule has 4 heteroatoms. The lowest BCUT2D eigenvalue weighted by Gasteiger charge is -2.11. The third-order valence-corrected chi connectivity index (χ3v) is 3.35. The molecule has 0 heterocycles. The van der Waals surface area contributed by atoms with Gasteiger partial charge in [-0.15, -0.1) is 0 Å². The van der Waals surface area contributed by atoms with Crippen LogP contribution >= 0.6 is 15.9 Å². The van der Waals surface area contributed by atoms with Gasteiger partial charge in [-0.3, -0.25) is 4.79 Å². The number of halogens is 2. The number of hydrogen-bond acceptors (Lipinski definition) is 2. The highest BCUT2D eigenvalue weighted by Gasteiger charge is 2.18. The van der Waals surface area contributed by atoms with Crippen LogP contribution in [0.5, 0.6) is 5.75 Å². The summed E-state index contributed by atoms with van der Waals surface area (Å²) in [5, 5.41) is 0. The maximum absolute atomic E-state index is 13.9. The predicted octanol–water partition coefficient (Wildman–Crippen LogP) is 4.53. The van der Waals surface area contributed by atoms with E-state index in [9.17, 15) is 9.18 Å². The van der Waals surface area contributed by atoms with Gasteiger partial charge in [-0.2, -0.15) is 0 Å². The zero-order valence-electron chi connectivity index (χ0n) is 11.2. The minimum absolute atomic E-state index is 0.0414. The van der Waals surface area contributed by atoms with E-state index in [4.69, 9.17) is 4.74 Å². The summed E-state index contributed by atoms with van der Waals surface area (Å²) in [5.74, 6) is -0.444. The highest BCUT2D eigenvalue weighted by atomic mass is 79.9. The second kappa shape index (κ2) is 6.18. The molecule has 0 aliphatic rings. The zero-order chi connectivity index (χ0) is 14.7. The van der Waals surface area contributed by atoms with Gasteiger partial charge in [-0.1, -0.05) is 27.6 Å². The van der Waals surface area contributed by atoms with Crippen LogP contribution in [-0.4, -0.2) is 12.4 Å². The Morgan fingerprint density at radius 2 is 1.95 bits per heavy atom. The summed E-state index contributed by atoms with van der Waals surface area (Å²) >= 11 is 3.18. The van der Waals surface area contributed by atoms with Gasteiger partial charge in [0.05, 0.1) is 17.7 Å². The summed E-state index contributed by atoms with van der Waals surface area (Å²) in [5.41, 5.74) is 1.35. The van der Waals surface area contributed by atoms with E-state index in [-0.39, 0.29) is 11.3 Å². The Balaban J connectivity index is 2.49. The number of carbonyl (C=O) groups excluding carboxylic acids is 1. The lowest BCUT2D eigenvalue weighted by molar-refractivity contribution is 0.103. The maximum atomic E-state index is 13.9. The quantitative estimate of drug-likeness (QED) is 0.767. The van der Waals surface area contributed by atoms with Crippen molar-refractivity contribution in [2.45, 2.75) is 13.8 Å². The second-order valence-corrected chi connectivity index (χ2v) is 5.30. The number of benzene rings is 2. The lowest BCUT2D eigenvalue weighted by atomic mass is 10.0. The number of ketones is 1. The van der Waals surface area contributed by atoms with Crippen LogP contribution in [0.1, 0.15) is 28.4 Å². The fourth-order valence-electron chi connectivity index (χ4n) is 1.92. The minimum Gasteiger partial charge on any atom is -0.493 e. The van der Waals surface area contributed by atoms with Crippen LogP contribution in [0.4, 0.5) is 4.39 Å². The molecular weight excluding hydrogens is 323 g/mol.